The highest BCUT2D eigenvalue weighted by Gasteiger charge is 2.18. The van der Waals surface area contributed by atoms with Crippen LogP contribution in [-0.2, 0) is 6.42 Å². The largest absolute Gasteiger partial charge is 0.378 e. The number of hydrogen-bond acceptors (Lipinski definition) is 3. The Balaban J connectivity index is 1.82. The summed E-state index contributed by atoms with van der Waals surface area (Å²) in [5.41, 5.74) is 3.83. The maximum absolute atomic E-state index is 10.7. The molecule has 1 N–H and O–H groups in total. The maximum atomic E-state index is 10.7. The number of nitrogens with zero attached hydrogens (tertiary/aromatic N) is 1. The van der Waals surface area contributed by atoms with Crippen LogP contribution in [-0.4, -0.2) is 4.92 Å². The lowest BCUT2D eigenvalue weighted by molar-refractivity contribution is -0.384. The summed E-state index contributed by atoms with van der Waals surface area (Å²) in [5.74, 6) is 0. The van der Waals surface area contributed by atoms with E-state index in [1.807, 2.05) is 0 Å². The molecule has 0 spiro atoms. The Hall–Kier alpha value is -2.36. The van der Waals surface area contributed by atoms with Crippen LogP contribution in [0, 0.1) is 10.1 Å². The van der Waals surface area contributed by atoms with Crippen molar-refractivity contribution in [2.45, 2.75) is 31.7 Å². The molecule has 0 bridgehead atoms. The van der Waals surface area contributed by atoms with Crippen LogP contribution in [0.2, 0.25) is 0 Å². The third kappa shape index (κ3) is 3.05. The zero-order chi connectivity index (χ0) is 14.7. The van der Waals surface area contributed by atoms with Gasteiger partial charge >= 0.3 is 0 Å². The molecule has 2 aromatic rings. The second-order valence-electron chi connectivity index (χ2n) is 5.45. The SMILES string of the molecule is O=[N+]([O-])c1ccc(NC2CCCCc3ccccc32)cc1. The molecule has 1 aliphatic carbocycles. The Morgan fingerprint density at radius 1 is 1.05 bits per heavy atom. The molecule has 0 radical (unpaired) electrons. The number of non-ortho nitro benzene ring substituents is 1. The molecule has 0 saturated carbocycles. The molecule has 1 unspecified atom stereocenters. The number of rotatable bonds is 3. The predicted molar refractivity (Wildman–Crippen MR) is 83.5 cm³/mol. The van der Waals surface area contributed by atoms with E-state index in [1.54, 1.807) is 24.3 Å². The van der Waals surface area contributed by atoms with Crippen molar-refractivity contribution in [1.82, 2.24) is 0 Å². The van der Waals surface area contributed by atoms with E-state index >= 15 is 0 Å². The van der Waals surface area contributed by atoms with Gasteiger partial charge in [0.1, 0.15) is 0 Å². The van der Waals surface area contributed by atoms with E-state index in [4.69, 9.17) is 0 Å². The molecule has 108 valence electrons. The molecule has 1 atom stereocenters. The van der Waals surface area contributed by atoms with E-state index in [9.17, 15) is 10.1 Å². The van der Waals surface area contributed by atoms with Crippen LogP contribution >= 0.6 is 0 Å². The highest BCUT2D eigenvalue weighted by atomic mass is 16.6. The minimum Gasteiger partial charge on any atom is -0.378 e. The van der Waals surface area contributed by atoms with Crippen molar-refractivity contribution in [3.63, 3.8) is 0 Å². The highest BCUT2D eigenvalue weighted by molar-refractivity contribution is 5.50. The normalized spacial score (nSPS) is 17.6. The smallest absolute Gasteiger partial charge is 0.269 e. The fraction of sp³-hybridized carbons (Fsp3) is 0.294. The summed E-state index contributed by atoms with van der Waals surface area (Å²) in [7, 11) is 0. The first kappa shape index (κ1) is 13.6. The Kier molecular flexibility index (Phi) is 3.86. The number of benzene rings is 2. The van der Waals surface area contributed by atoms with E-state index in [2.05, 4.69) is 29.6 Å². The maximum Gasteiger partial charge on any atom is 0.269 e. The Labute approximate surface area is 124 Å². The van der Waals surface area contributed by atoms with Crippen LogP contribution in [0.3, 0.4) is 0 Å². The lowest BCUT2D eigenvalue weighted by Crippen LogP contribution is -2.11. The van der Waals surface area contributed by atoms with Crippen molar-refractivity contribution in [3.05, 3.63) is 69.8 Å². The number of nitro benzene ring substituents is 1. The summed E-state index contributed by atoms with van der Waals surface area (Å²) in [6.07, 6.45) is 4.64. The zero-order valence-corrected chi connectivity index (χ0v) is 11.8. The van der Waals surface area contributed by atoms with Crippen LogP contribution in [0.5, 0.6) is 0 Å². The molecule has 21 heavy (non-hydrogen) atoms. The molecule has 0 amide bonds. The van der Waals surface area contributed by atoms with Gasteiger partial charge in [-0.15, -0.1) is 0 Å². The number of anilines is 1. The van der Waals surface area contributed by atoms with Gasteiger partial charge in [-0.2, -0.15) is 0 Å². The standard InChI is InChI=1S/C17H18N2O2/c20-19(21)15-11-9-14(10-12-15)18-17-8-4-2-6-13-5-1-3-7-16(13)17/h1,3,5,7,9-12,17-18H,2,4,6,8H2. The summed E-state index contributed by atoms with van der Waals surface area (Å²) >= 11 is 0. The third-order valence-electron chi connectivity index (χ3n) is 4.04. The summed E-state index contributed by atoms with van der Waals surface area (Å²) in [6.45, 7) is 0. The molecule has 0 aliphatic heterocycles. The molecule has 4 heteroatoms. The van der Waals surface area contributed by atoms with Crippen LogP contribution in [0.4, 0.5) is 11.4 Å². The first-order chi connectivity index (χ1) is 10.2. The summed E-state index contributed by atoms with van der Waals surface area (Å²) in [4.78, 5) is 10.3. The molecular formula is C17H18N2O2. The monoisotopic (exact) mass is 282 g/mol. The summed E-state index contributed by atoms with van der Waals surface area (Å²) < 4.78 is 0. The van der Waals surface area contributed by atoms with Gasteiger partial charge in [-0.3, -0.25) is 10.1 Å². The molecule has 1 aliphatic rings. The van der Waals surface area contributed by atoms with Crippen LogP contribution in [0.1, 0.15) is 36.4 Å². The lowest BCUT2D eigenvalue weighted by atomic mass is 9.99. The molecule has 0 fully saturated rings. The average molecular weight is 282 g/mol. The summed E-state index contributed by atoms with van der Waals surface area (Å²) in [5, 5.41) is 14.2. The number of hydrogen-bond donors (Lipinski definition) is 1. The van der Waals surface area contributed by atoms with E-state index in [0.717, 1.165) is 18.5 Å². The van der Waals surface area contributed by atoms with Crippen molar-refractivity contribution >= 4 is 11.4 Å². The first-order valence-corrected chi connectivity index (χ1v) is 7.33. The van der Waals surface area contributed by atoms with Gasteiger partial charge in [0.15, 0.2) is 0 Å². The highest BCUT2D eigenvalue weighted by Crippen LogP contribution is 2.31. The Morgan fingerprint density at radius 3 is 2.57 bits per heavy atom. The van der Waals surface area contributed by atoms with Gasteiger partial charge in [-0.05, 0) is 42.5 Å². The van der Waals surface area contributed by atoms with E-state index in [0.29, 0.717) is 0 Å². The molecule has 0 saturated heterocycles. The zero-order valence-electron chi connectivity index (χ0n) is 11.8. The minimum atomic E-state index is -0.370. The van der Waals surface area contributed by atoms with Gasteiger partial charge in [0.2, 0.25) is 0 Å². The van der Waals surface area contributed by atoms with Gasteiger partial charge in [0.25, 0.3) is 5.69 Å². The third-order valence-corrected chi connectivity index (χ3v) is 4.04. The van der Waals surface area contributed by atoms with Gasteiger partial charge in [0, 0.05) is 17.8 Å². The van der Waals surface area contributed by atoms with E-state index in [-0.39, 0.29) is 16.7 Å². The van der Waals surface area contributed by atoms with Crippen LogP contribution in [0.25, 0.3) is 0 Å². The molecule has 0 heterocycles. The Bertz CT molecular complexity index is 637. The second-order valence-corrected chi connectivity index (χ2v) is 5.45. The molecular weight excluding hydrogens is 264 g/mol. The predicted octanol–water partition coefficient (Wildman–Crippen LogP) is 4.47. The van der Waals surface area contributed by atoms with Gasteiger partial charge in [-0.25, -0.2) is 0 Å². The second kappa shape index (κ2) is 5.95. The molecule has 2 aromatic carbocycles. The fourth-order valence-electron chi connectivity index (χ4n) is 2.95. The van der Waals surface area contributed by atoms with Crippen molar-refractivity contribution < 1.29 is 4.92 Å². The number of nitro groups is 1. The van der Waals surface area contributed by atoms with Crippen molar-refractivity contribution in [3.8, 4) is 0 Å². The lowest BCUT2D eigenvalue weighted by Gasteiger charge is -2.20. The number of aryl methyl sites for hydroxylation is 1. The number of nitrogens with one attached hydrogen (secondary N) is 1. The Morgan fingerprint density at radius 2 is 1.81 bits per heavy atom. The molecule has 0 aromatic heterocycles. The molecule has 3 rings (SSSR count). The van der Waals surface area contributed by atoms with E-state index in [1.165, 1.54) is 24.0 Å². The number of fused-ring (bicyclic) bond motifs is 1. The van der Waals surface area contributed by atoms with Crippen LogP contribution < -0.4 is 5.32 Å². The van der Waals surface area contributed by atoms with Gasteiger partial charge in [-0.1, -0.05) is 30.7 Å². The van der Waals surface area contributed by atoms with Crippen molar-refractivity contribution in [2.24, 2.45) is 0 Å². The summed E-state index contributed by atoms with van der Waals surface area (Å²) in [6, 6.07) is 15.5. The van der Waals surface area contributed by atoms with Crippen molar-refractivity contribution in [1.29, 1.82) is 0 Å². The van der Waals surface area contributed by atoms with E-state index < -0.39 is 0 Å². The van der Waals surface area contributed by atoms with Gasteiger partial charge in [0.05, 0.1) is 11.0 Å². The quantitative estimate of drug-likeness (QED) is 0.513. The van der Waals surface area contributed by atoms with Crippen molar-refractivity contribution in [2.75, 3.05) is 5.32 Å². The van der Waals surface area contributed by atoms with Crippen LogP contribution in [0.15, 0.2) is 48.5 Å². The molecule has 4 nitrogen and oxygen atoms in total. The average Bonchev–Trinajstić information content (AvgIpc) is 2.71. The van der Waals surface area contributed by atoms with Gasteiger partial charge < -0.3 is 5.32 Å². The first-order valence-electron chi connectivity index (χ1n) is 7.33. The minimum absolute atomic E-state index is 0.127. The topological polar surface area (TPSA) is 55.2 Å². The fourth-order valence-corrected chi connectivity index (χ4v) is 2.95.